The molecule has 0 aliphatic heterocycles. The molecule has 0 radical (unpaired) electrons. The lowest BCUT2D eigenvalue weighted by Crippen LogP contribution is -2.01. The summed E-state index contributed by atoms with van der Waals surface area (Å²) in [7, 11) is 0. The van der Waals surface area contributed by atoms with Gasteiger partial charge in [0.2, 0.25) is 0 Å². The SMILES string of the molecule is N#Cc1cc(CN)ccc1-n1cccn1. The lowest BCUT2D eigenvalue weighted by Gasteiger charge is -2.05. The zero-order valence-electron chi connectivity index (χ0n) is 8.09. The number of hydrogen-bond acceptors (Lipinski definition) is 3. The third-order valence-corrected chi connectivity index (χ3v) is 2.17. The highest BCUT2D eigenvalue weighted by atomic mass is 15.3. The van der Waals surface area contributed by atoms with Crippen molar-refractivity contribution < 1.29 is 0 Å². The number of nitrogens with two attached hydrogens (primary N) is 1. The first-order valence-corrected chi connectivity index (χ1v) is 4.58. The molecule has 0 atom stereocenters. The van der Waals surface area contributed by atoms with E-state index in [4.69, 9.17) is 11.0 Å². The second-order valence-electron chi connectivity index (χ2n) is 3.12. The molecular formula is C11H10N4. The standard InChI is InChI=1S/C11H10N4/c12-7-9-2-3-11(10(6-9)8-13)15-5-1-4-14-15/h1-6H,7,12H2. The number of nitrogens with zero attached hydrogens (tertiary/aromatic N) is 3. The molecule has 0 amide bonds. The lowest BCUT2D eigenvalue weighted by molar-refractivity contribution is 0.875. The number of nitriles is 1. The van der Waals surface area contributed by atoms with Crippen molar-refractivity contribution in [2.24, 2.45) is 5.73 Å². The fraction of sp³-hybridized carbons (Fsp3) is 0.0909. The average molecular weight is 198 g/mol. The van der Waals surface area contributed by atoms with Gasteiger partial charge in [0, 0.05) is 18.9 Å². The van der Waals surface area contributed by atoms with Gasteiger partial charge in [0.1, 0.15) is 6.07 Å². The molecule has 4 heteroatoms. The third kappa shape index (κ3) is 1.73. The summed E-state index contributed by atoms with van der Waals surface area (Å²) in [4.78, 5) is 0. The minimum atomic E-state index is 0.439. The molecule has 1 aromatic heterocycles. The van der Waals surface area contributed by atoms with Crippen LogP contribution >= 0.6 is 0 Å². The van der Waals surface area contributed by atoms with Crippen molar-refractivity contribution in [2.75, 3.05) is 0 Å². The van der Waals surface area contributed by atoms with Gasteiger partial charge in [-0.3, -0.25) is 0 Å². The van der Waals surface area contributed by atoms with Gasteiger partial charge < -0.3 is 5.73 Å². The van der Waals surface area contributed by atoms with E-state index in [0.717, 1.165) is 11.3 Å². The summed E-state index contributed by atoms with van der Waals surface area (Å²) in [6.07, 6.45) is 3.48. The van der Waals surface area contributed by atoms with Gasteiger partial charge in [-0.05, 0) is 23.8 Å². The summed E-state index contributed by atoms with van der Waals surface area (Å²) in [5, 5.41) is 13.1. The van der Waals surface area contributed by atoms with Gasteiger partial charge >= 0.3 is 0 Å². The van der Waals surface area contributed by atoms with Gasteiger partial charge in [0.15, 0.2) is 0 Å². The van der Waals surface area contributed by atoms with Crippen molar-refractivity contribution in [3.8, 4) is 11.8 Å². The molecule has 2 rings (SSSR count). The van der Waals surface area contributed by atoms with E-state index in [-0.39, 0.29) is 0 Å². The summed E-state index contributed by atoms with van der Waals surface area (Å²) in [5.41, 5.74) is 7.82. The van der Waals surface area contributed by atoms with Gasteiger partial charge in [-0.1, -0.05) is 6.07 Å². The first kappa shape index (κ1) is 9.44. The van der Waals surface area contributed by atoms with Crippen LogP contribution < -0.4 is 5.73 Å². The first-order chi connectivity index (χ1) is 7.35. The Labute approximate surface area is 87.6 Å². The minimum Gasteiger partial charge on any atom is -0.326 e. The summed E-state index contributed by atoms with van der Waals surface area (Å²) < 4.78 is 1.67. The monoisotopic (exact) mass is 198 g/mol. The Hall–Kier alpha value is -2.12. The Morgan fingerprint density at radius 3 is 2.93 bits per heavy atom. The fourth-order valence-electron chi connectivity index (χ4n) is 1.41. The fourth-order valence-corrected chi connectivity index (χ4v) is 1.41. The molecule has 2 N–H and O–H groups in total. The molecule has 0 aliphatic carbocycles. The van der Waals surface area contributed by atoms with Crippen molar-refractivity contribution >= 4 is 0 Å². The predicted octanol–water partition coefficient (Wildman–Crippen LogP) is 1.20. The van der Waals surface area contributed by atoms with Crippen LogP contribution in [0.3, 0.4) is 0 Å². The number of hydrogen-bond donors (Lipinski definition) is 1. The Morgan fingerprint density at radius 2 is 2.33 bits per heavy atom. The van der Waals surface area contributed by atoms with Crippen LogP contribution in [0.4, 0.5) is 0 Å². The average Bonchev–Trinajstić information content (AvgIpc) is 2.81. The molecule has 1 aromatic carbocycles. The molecular weight excluding hydrogens is 188 g/mol. The third-order valence-electron chi connectivity index (χ3n) is 2.17. The summed E-state index contributed by atoms with van der Waals surface area (Å²) in [6, 6.07) is 9.50. The molecule has 1 heterocycles. The van der Waals surface area contributed by atoms with Crippen LogP contribution in [0.1, 0.15) is 11.1 Å². The molecule has 0 aliphatic rings. The lowest BCUT2D eigenvalue weighted by atomic mass is 10.1. The molecule has 0 unspecified atom stereocenters. The molecule has 74 valence electrons. The Morgan fingerprint density at radius 1 is 1.47 bits per heavy atom. The van der Waals surface area contributed by atoms with E-state index in [9.17, 15) is 0 Å². The number of aromatic nitrogens is 2. The maximum absolute atomic E-state index is 9.01. The van der Waals surface area contributed by atoms with Crippen LogP contribution in [-0.2, 0) is 6.54 Å². The molecule has 0 fully saturated rings. The Bertz CT molecular complexity index is 494. The zero-order valence-corrected chi connectivity index (χ0v) is 8.09. The van der Waals surface area contributed by atoms with Crippen LogP contribution in [0, 0.1) is 11.3 Å². The molecule has 0 saturated carbocycles. The van der Waals surface area contributed by atoms with E-state index in [1.807, 2.05) is 18.2 Å². The smallest absolute Gasteiger partial charge is 0.101 e. The molecule has 0 spiro atoms. The molecule has 4 nitrogen and oxygen atoms in total. The summed E-state index contributed by atoms with van der Waals surface area (Å²) >= 11 is 0. The van der Waals surface area contributed by atoms with Gasteiger partial charge in [-0.2, -0.15) is 10.4 Å². The normalized spacial score (nSPS) is 9.87. The number of benzene rings is 1. The van der Waals surface area contributed by atoms with E-state index in [1.54, 1.807) is 23.1 Å². The molecule has 0 bridgehead atoms. The quantitative estimate of drug-likeness (QED) is 0.788. The highest BCUT2D eigenvalue weighted by molar-refractivity contribution is 5.50. The largest absolute Gasteiger partial charge is 0.326 e. The minimum absolute atomic E-state index is 0.439. The predicted molar refractivity (Wildman–Crippen MR) is 56.2 cm³/mol. The topological polar surface area (TPSA) is 67.6 Å². The van der Waals surface area contributed by atoms with Crippen LogP contribution in [0.5, 0.6) is 0 Å². The van der Waals surface area contributed by atoms with Crippen LogP contribution in [0.2, 0.25) is 0 Å². The van der Waals surface area contributed by atoms with E-state index >= 15 is 0 Å². The van der Waals surface area contributed by atoms with Crippen molar-refractivity contribution in [1.29, 1.82) is 5.26 Å². The second kappa shape index (κ2) is 3.95. The molecule has 2 aromatic rings. The van der Waals surface area contributed by atoms with Crippen molar-refractivity contribution in [2.45, 2.75) is 6.54 Å². The van der Waals surface area contributed by atoms with Gasteiger partial charge in [-0.15, -0.1) is 0 Å². The summed E-state index contributed by atoms with van der Waals surface area (Å²) in [6.45, 7) is 0.439. The Balaban J connectivity index is 2.54. The van der Waals surface area contributed by atoms with Crippen LogP contribution in [0.15, 0.2) is 36.7 Å². The van der Waals surface area contributed by atoms with E-state index in [2.05, 4.69) is 11.2 Å². The summed E-state index contributed by atoms with van der Waals surface area (Å²) in [5.74, 6) is 0. The highest BCUT2D eigenvalue weighted by Gasteiger charge is 2.04. The zero-order chi connectivity index (χ0) is 10.7. The van der Waals surface area contributed by atoms with E-state index in [1.165, 1.54) is 0 Å². The van der Waals surface area contributed by atoms with Gasteiger partial charge in [0.05, 0.1) is 11.3 Å². The molecule has 15 heavy (non-hydrogen) atoms. The maximum Gasteiger partial charge on any atom is 0.101 e. The van der Waals surface area contributed by atoms with Gasteiger partial charge in [-0.25, -0.2) is 4.68 Å². The molecule has 0 saturated heterocycles. The highest BCUT2D eigenvalue weighted by Crippen LogP contribution is 2.14. The van der Waals surface area contributed by atoms with Crippen molar-refractivity contribution in [1.82, 2.24) is 9.78 Å². The van der Waals surface area contributed by atoms with Gasteiger partial charge in [0.25, 0.3) is 0 Å². The van der Waals surface area contributed by atoms with Crippen molar-refractivity contribution in [3.05, 3.63) is 47.8 Å². The van der Waals surface area contributed by atoms with E-state index in [0.29, 0.717) is 12.1 Å². The maximum atomic E-state index is 9.01. The van der Waals surface area contributed by atoms with Crippen molar-refractivity contribution in [3.63, 3.8) is 0 Å². The van der Waals surface area contributed by atoms with Crippen LogP contribution in [0.25, 0.3) is 5.69 Å². The Kier molecular flexibility index (Phi) is 2.48. The van der Waals surface area contributed by atoms with E-state index < -0.39 is 0 Å². The van der Waals surface area contributed by atoms with Crippen LogP contribution in [-0.4, -0.2) is 9.78 Å². The first-order valence-electron chi connectivity index (χ1n) is 4.58. The number of rotatable bonds is 2. The second-order valence-corrected chi connectivity index (χ2v) is 3.12.